The molecule has 0 N–H and O–H groups in total. The highest BCUT2D eigenvalue weighted by atomic mass is 16.2. The number of likely N-dealkylation sites (N-methyl/N-ethyl adjacent to an activating group) is 1. The van der Waals surface area contributed by atoms with E-state index in [1.165, 1.54) is 0 Å². The Bertz CT molecular complexity index is 289. The van der Waals surface area contributed by atoms with Crippen LogP contribution in [0, 0.1) is 11.3 Å². The Balaban J connectivity index is 2.36. The van der Waals surface area contributed by atoms with Gasteiger partial charge in [-0.2, -0.15) is 5.26 Å². The van der Waals surface area contributed by atoms with Crippen LogP contribution in [0.1, 0.15) is 13.3 Å². The van der Waals surface area contributed by atoms with Crippen LogP contribution in [0.15, 0.2) is 0 Å². The number of carbonyl (C=O) groups excluding carboxylic acids is 1. The third-order valence-electron chi connectivity index (χ3n) is 3.24. The summed E-state index contributed by atoms with van der Waals surface area (Å²) in [6.45, 7) is 6.04. The first-order valence-corrected chi connectivity index (χ1v) is 6.14. The van der Waals surface area contributed by atoms with Crippen molar-refractivity contribution in [2.24, 2.45) is 0 Å². The molecule has 1 fully saturated rings. The zero-order chi connectivity index (χ0) is 12.8. The van der Waals surface area contributed by atoms with Crippen molar-refractivity contribution in [3.8, 4) is 6.07 Å². The molecular weight excluding hydrogens is 216 g/mol. The summed E-state index contributed by atoms with van der Waals surface area (Å²) >= 11 is 0. The molecule has 0 aromatic heterocycles. The summed E-state index contributed by atoms with van der Waals surface area (Å²) in [4.78, 5) is 17.5. The number of hydrogen-bond donors (Lipinski definition) is 0. The van der Waals surface area contributed by atoms with Crippen LogP contribution in [-0.2, 0) is 4.79 Å². The van der Waals surface area contributed by atoms with Crippen molar-refractivity contribution < 1.29 is 4.79 Å². The molecule has 1 heterocycles. The first-order chi connectivity index (χ1) is 8.08. The van der Waals surface area contributed by atoms with E-state index >= 15 is 0 Å². The molecule has 0 aliphatic carbocycles. The molecule has 0 saturated carbocycles. The topological polar surface area (TPSA) is 50.6 Å². The summed E-state index contributed by atoms with van der Waals surface area (Å²) in [5, 5.41) is 9.00. The lowest BCUT2D eigenvalue weighted by atomic mass is 10.2. The highest BCUT2D eigenvalue weighted by molar-refractivity contribution is 5.77. The maximum atomic E-state index is 11.6. The molecule has 96 valence electrons. The van der Waals surface area contributed by atoms with Crippen LogP contribution in [0.3, 0.4) is 0 Å². The van der Waals surface area contributed by atoms with Gasteiger partial charge in [-0.1, -0.05) is 6.92 Å². The van der Waals surface area contributed by atoms with Crippen LogP contribution in [0.4, 0.5) is 0 Å². The zero-order valence-electron chi connectivity index (χ0n) is 11.0. The smallest absolute Gasteiger partial charge is 0.236 e. The van der Waals surface area contributed by atoms with Gasteiger partial charge in [-0.3, -0.25) is 14.6 Å². The largest absolute Gasteiger partial charge is 0.348 e. The highest BCUT2D eigenvalue weighted by Crippen LogP contribution is 2.08. The molecule has 1 aliphatic heterocycles. The highest BCUT2D eigenvalue weighted by Gasteiger charge is 2.23. The summed E-state index contributed by atoms with van der Waals surface area (Å²) in [6, 6.07) is 2.36. The van der Waals surface area contributed by atoms with Crippen LogP contribution in [0.2, 0.25) is 0 Å². The predicted molar refractivity (Wildman–Crippen MR) is 66.4 cm³/mol. The molecule has 0 aromatic carbocycles. The number of nitrogens with zero attached hydrogens (tertiary/aromatic N) is 4. The monoisotopic (exact) mass is 238 g/mol. The maximum absolute atomic E-state index is 11.6. The molecule has 1 atom stereocenters. The lowest BCUT2D eigenvalue weighted by molar-refractivity contribution is -0.130. The molecule has 0 spiro atoms. The van der Waals surface area contributed by atoms with E-state index in [2.05, 4.69) is 15.9 Å². The minimum Gasteiger partial charge on any atom is -0.348 e. The van der Waals surface area contributed by atoms with E-state index in [-0.39, 0.29) is 11.9 Å². The first kappa shape index (κ1) is 13.9. The van der Waals surface area contributed by atoms with Crippen LogP contribution in [0.5, 0.6) is 0 Å². The van der Waals surface area contributed by atoms with E-state index in [9.17, 15) is 4.79 Å². The van der Waals surface area contributed by atoms with E-state index in [1.807, 2.05) is 6.92 Å². The number of rotatable bonds is 4. The Labute approximate surface area is 104 Å². The molecule has 1 unspecified atom stereocenters. The van der Waals surface area contributed by atoms with Gasteiger partial charge < -0.3 is 4.90 Å². The summed E-state index contributed by atoms with van der Waals surface area (Å²) in [5.41, 5.74) is 0. The fourth-order valence-corrected chi connectivity index (χ4v) is 2.00. The van der Waals surface area contributed by atoms with Gasteiger partial charge in [0.2, 0.25) is 5.91 Å². The van der Waals surface area contributed by atoms with Gasteiger partial charge in [0.1, 0.15) is 0 Å². The Morgan fingerprint density at radius 1 is 1.35 bits per heavy atom. The van der Waals surface area contributed by atoms with Crippen molar-refractivity contribution in [1.29, 1.82) is 5.26 Å². The Morgan fingerprint density at radius 3 is 2.35 bits per heavy atom. The minimum absolute atomic E-state index is 0.0294. The molecule has 1 aliphatic rings. The average molecular weight is 238 g/mol. The number of hydrogen-bond acceptors (Lipinski definition) is 4. The average Bonchev–Trinajstić information content (AvgIpc) is 2.32. The van der Waals surface area contributed by atoms with Crippen molar-refractivity contribution in [2.45, 2.75) is 19.4 Å². The molecule has 0 aromatic rings. The number of amides is 1. The van der Waals surface area contributed by atoms with Crippen LogP contribution in [0.25, 0.3) is 0 Å². The molecule has 17 heavy (non-hydrogen) atoms. The second-order valence-electron chi connectivity index (χ2n) is 4.65. The van der Waals surface area contributed by atoms with Crippen molar-refractivity contribution in [2.75, 3.05) is 46.8 Å². The minimum atomic E-state index is 0.0294. The molecule has 0 radical (unpaired) electrons. The zero-order valence-corrected chi connectivity index (χ0v) is 11.0. The van der Waals surface area contributed by atoms with Crippen LogP contribution < -0.4 is 0 Å². The summed E-state index contributed by atoms with van der Waals surface area (Å²) in [5.74, 6) is 0.144. The molecular formula is C12H22N4O. The van der Waals surface area contributed by atoms with Crippen molar-refractivity contribution >= 4 is 5.91 Å². The fraction of sp³-hybridized carbons (Fsp3) is 0.833. The molecule has 5 heteroatoms. The number of carbonyl (C=O) groups is 1. The Hall–Kier alpha value is -1.12. The Kier molecular flexibility index (Phi) is 5.39. The lowest BCUT2D eigenvalue weighted by Crippen LogP contribution is -2.51. The lowest BCUT2D eigenvalue weighted by Gasteiger charge is -2.36. The molecule has 0 bridgehead atoms. The van der Waals surface area contributed by atoms with Gasteiger partial charge in [-0.05, 0) is 6.42 Å². The van der Waals surface area contributed by atoms with Crippen LogP contribution in [-0.4, -0.2) is 73.5 Å². The van der Waals surface area contributed by atoms with Gasteiger partial charge in [0.05, 0.1) is 18.7 Å². The van der Waals surface area contributed by atoms with Crippen molar-refractivity contribution in [3.05, 3.63) is 0 Å². The van der Waals surface area contributed by atoms with E-state index in [0.29, 0.717) is 6.54 Å². The normalized spacial score (nSPS) is 19.6. The van der Waals surface area contributed by atoms with E-state index in [1.54, 1.807) is 19.0 Å². The summed E-state index contributed by atoms with van der Waals surface area (Å²) in [6.07, 6.45) is 0.868. The van der Waals surface area contributed by atoms with Gasteiger partial charge in [0, 0.05) is 40.3 Å². The van der Waals surface area contributed by atoms with Gasteiger partial charge in [0.15, 0.2) is 0 Å². The van der Waals surface area contributed by atoms with E-state index in [0.717, 1.165) is 32.6 Å². The molecule has 1 saturated heterocycles. The molecule has 5 nitrogen and oxygen atoms in total. The fourth-order valence-electron chi connectivity index (χ4n) is 2.00. The van der Waals surface area contributed by atoms with Crippen LogP contribution >= 0.6 is 0 Å². The Morgan fingerprint density at radius 2 is 1.94 bits per heavy atom. The predicted octanol–water partition coefficient (Wildman–Crippen LogP) is -0.00562. The van der Waals surface area contributed by atoms with Gasteiger partial charge in [0.25, 0.3) is 0 Å². The number of nitriles is 1. The second kappa shape index (κ2) is 6.58. The summed E-state index contributed by atoms with van der Waals surface area (Å²) in [7, 11) is 3.56. The SMILES string of the molecule is CCC(C#N)N1CCN(CC(=O)N(C)C)CC1. The second-order valence-corrected chi connectivity index (χ2v) is 4.65. The summed E-state index contributed by atoms with van der Waals surface area (Å²) < 4.78 is 0. The molecule has 1 amide bonds. The van der Waals surface area contributed by atoms with Gasteiger partial charge >= 0.3 is 0 Å². The quantitative estimate of drug-likeness (QED) is 0.691. The van der Waals surface area contributed by atoms with E-state index in [4.69, 9.17) is 5.26 Å². The standard InChI is InChI=1S/C12H22N4O/c1-4-11(9-13)16-7-5-15(6-8-16)10-12(17)14(2)3/h11H,4-8,10H2,1-3H3. The van der Waals surface area contributed by atoms with Crippen molar-refractivity contribution in [1.82, 2.24) is 14.7 Å². The van der Waals surface area contributed by atoms with E-state index < -0.39 is 0 Å². The number of piperazine rings is 1. The third-order valence-corrected chi connectivity index (χ3v) is 3.24. The van der Waals surface area contributed by atoms with Gasteiger partial charge in [-0.15, -0.1) is 0 Å². The van der Waals surface area contributed by atoms with Gasteiger partial charge in [-0.25, -0.2) is 0 Å². The van der Waals surface area contributed by atoms with Crippen molar-refractivity contribution in [3.63, 3.8) is 0 Å². The maximum Gasteiger partial charge on any atom is 0.236 e. The molecule has 1 rings (SSSR count). The first-order valence-electron chi connectivity index (χ1n) is 6.14. The third kappa shape index (κ3) is 3.99.